The summed E-state index contributed by atoms with van der Waals surface area (Å²) < 4.78 is 0.823. The van der Waals surface area contributed by atoms with Gasteiger partial charge in [-0.25, -0.2) is 4.98 Å². The van der Waals surface area contributed by atoms with Gasteiger partial charge in [-0.1, -0.05) is 59.2 Å². The molecule has 2 amide bonds. The molecule has 184 valence electrons. The van der Waals surface area contributed by atoms with Crippen LogP contribution in [0.3, 0.4) is 0 Å². The number of benzene rings is 2. The summed E-state index contributed by atoms with van der Waals surface area (Å²) in [4.78, 5) is 31.0. The van der Waals surface area contributed by atoms with Gasteiger partial charge in [0.15, 0.2) is 4.34 Å². The van der Waals surface area contributed by atoms with Gasteiger partial charge < -0.3 is 10.6 Å². The van der Waals surface area contributed by atoms with E-state index in [0.29, 0.717) is 15.8 Å². The molecule has 0 aliphatic carbocycles. The van der Waals surface area contributed by atoms with Gasteiger partial charge >= 0.3 is 0 Å². The average molecular weight is 550 g/mol. The average Bonchev–Trinajstić information content (AvgIpc) is 3.30. The van der Waals surface area contributed by atoms with Crippen molar-refractivity contribution in [3.05, 3.63) is 63.5 Å². The molecule has 0 unspecified atom stereocenters. The van der Waals surface area contributed by atoms with Gasteiger partial charge in [-0.2, -0.15) is 0 Å². The molecule has 1 fully saturated rings. The molecule has 2 aromatic carbocycles. The van der Waals surface area contributed by atoms with Crippen LogP contribution in [0.15, 0.2) is 52.2 Å². The number of aromatic nitrogens is 1. The maximum absolute atomic E-state index is 12.5. The number of rotatable bonds is 8. The van der Waals surface area contributed by atoms with Gasteiger partial charge in [0.05, 0.1) is 27.2 Å². The van der Waals surface area contributed by atoms with Crippen LogP contribution in [0, 0.1) is 0 Å². The van der Waals surface area contributed by atoms with Crippen molar-refractivity contribution in [1.82, 2.24) is 15.2 Å². The van der Waals surface area contributed by atoms with E-state index in [1.165, 1.54) is 30.0 Å². The summed E-state index contributed by atoms with van der Waals surface area (Å²) in [5.41, 5.74) is 3.52. The number of thiazole rings is 1. The summed E-state index contributed by atoms with van der Waals surface area (Å²) in [6.45, 7) is 4.14. The second-order valence-electron chi connectivity index (χ2n) is 8.38. The van der Waals surface area contributed by atoms with Crippen LogP contribution in [0.1, 0.15) is 25.3 Å². The quantitative estimate of drug-likeness (QED) is 0.340. The van der Waals surface area contributed by atoms with E-state index in [2.05, 4.69) is 20.5 Å². The molecule has 1 saturated heterocycles. The number of carbonyl (C=O) groups excluding carboxylic acids is 2. The summed E-state index contributed by atoms with van der Waals surface area (Å²) >= 11 is 15.1. The molecular weight excluding hydrogens is 523 g/mol. The minimum Gasteiger partial charge on any atom is -0.353 e. The highest BCUT2D eigenvalue weighted by Gasteiger charge is 2.21. The molecule has 3 aromatic rings. The molecule has 0 bridgehead atoms. The fraction of sp³-hybridized carbons (Fsp3) is 0.320. The van der Waals surface area contributed by atoms with Gasteiger partial charge in [-0.15, -0.1) is 11.3 Å². The molecule has 1 aliphatic heterocycles. The molecule has 0 saturated carbocycles. The van der Waals surface area contributed by atoms with Crippen LogP contribution in [0.5, 0.6) is 0 Å². The number of thioether (sulfide) groups is 1. The van der Waals surface area contributed by atoms with Crippen molar-refractivity contribution in [3.8, 4) is 11.3 Å². The smallest absolute Gasteiger partial charge is 0.230 e. The maximum atomic E-state index is 12.5. The molecular formula is C25H26Cl2N4O2S2. The van der Waals surface area contributed by atoms with E-state index in [9.17, 15) is 9.59 Å². The lowest BCUT2D eigenvalue weighted by Gasteiger charge is -2.32. The van der Waals surface area contributed by atoms with E-state index in [-0.39, 0.29) is 17.9 Å². The Hall–Kier alpha value is -2.10. The third-order valence-corrected chi connectivity index (χ3v) is 8.43. The van der Waals surface area contributed by atoms with Crippen LogP contribution in [0.25, 0.3) is 11.3 Å². The molecule has 10 heteroatoms. The zero-order valence-electron chi connectivity index (χ0n) is 19.2. The molecule has 2 heterocycles. The van der Waals surface area contributed by atoms with Crippen molar-refractivity contribution in [2.24, 2.45) is 0 Å². The van der Waals surface area contributed by atoms with Crippen LogP contribution in [-0.2, 0) is 16.1 Å². The molecule has 6 nitrogen and oxygen atoms in total. The molecule has 1 aliphatic rings. The van der Waals surface area contributed by atoms with Crippen molar-refractivity contribution in [2.75, 3.05) is 24.2 Å². The molecule has 1 aromatic heterocycles. The minimum absolute atomic E-state index is 0.0216. The SMILES string of the molecule is CC(=O)Nc1ccccc1-c1csc(SCC(=O)NC2CCN(Cc3ccc(Cl)c(Cl)c3)CC2)n1. The molecule has 0 atom stereocenters. The standard InChI is InChI=1S/C25H26Cl2N4O2S2/c1-16(32)28-22-5-3-2-4-19(22)23-14-34-25(30-23)35-15-24(33)29-18-8-10-31(11-9-18)13-17-6-7-20(26)21(27)12-17/h2-7,12,14,18H,8-11,13,15H2,1H3,(H,28,32)(H,29,33). The molecule has 2 N–H and O–H groups in total. The first-order valence-electron chi connectivity index (χ1n) is 11.3. The van der Waals surface area contributed by atoms with E-state index < -0.39 is 0 Å². The zero-order chi connectivity index (χ0) is 24.8. The van der Waals surface area contributed by atoms with Crippen molar-refractivity contribution in [3.63, 3.8) is 0 Å². The second kappa shape index (κ2) is 12.2. The lowest BCUT2D eigenvalue weighted by molar-refractivity contribution is -0.119. The van der Waals surface area contributed by atoms with Crippen molar-refractivity contribution in [1.29, 1.82) is 0 Å². The molecule has 4 rings (SSSR count). The van der Waals surface area contributed by atoms with Gasteiger partial charge in [0.2, 0.25) is 11.8 Å². The number of carbonyl (C=O) groups is 2. The van der Waals surface area contributed by atoms with Gasteiger partial charge in [-0.3, -0.25) is 14.5 Å². The van der Waals surface area contributed by atoms with Crippen molar-refractivity contribution in [2.45, 2.75) is 36.7 Å². The van der Waals surface area contributed by atoms with E-state index in [0.717, 1.165) is 59.3 Å². The van der Waals surface area contributed by atoms with Gasteiger partial charge in [-0.05, 0) is 36.6 Å². The van der Waals surface area contributed by atoms with Gasteiger partial charge in [0.25, 0.3) is 0 Å². The van der Waals surface area contributed by atoms with Gasteiger partial charge in [0.1, 0.15) is 0 Å². The Morgan fingerprint density at radius 1 is 1.14 bits per heavy atom. The fourth-order valence-electron chi connectivity index (χ4n) is 3.98. The van der Waals surface area contributed by atoms with Crippen molar-refractivity contribution < 1.29 is 9.59 Å². The third-order valence-electron chi connectivity index (χ3n) is 5.67. The predicted octanol–water partition coefficient (Wildman–Crippen LogP) is 5.95. The molecule has 0 spiro atoms. The number of piperidine rings is 1. The van der Waals surface area contributed by atoms with Crippen LogP contribution in [-0.4, -0.2) is 46.6 Å². The minimum atomic E-state index is -0.126. The summed E-state index contributed by atoms with van der Waals surface area (Å²) in [5.74, 6) is 0.219. The second-order valence-corrected chi connectivity index (χ2v) is 11.3. The third kappa shape index (κ3) is 7.44. The normalized spacial score (nSPS) is 14.6. The summed E-state index contributed by atoms with van der Waals surface area (Å²) in [7, 11) is 0. The van der Waals surface area contributed by atoms with Gasteiger partial charge in [0, 0.05) is 43.5 Å². The fourth-order valence-corrected chi connectivity index (χ4v) is 5.94. The largest absolute Gasteiger partial charge is 0.353 e. The van der Waals surface area contributed by atoms with Crippen LogP contribution < -0.4 is 10.6 Å². The number of hydrogen-bond donors (Lipinski definition) is 2. The summed E-state index contributed by atoms with van der Waals surface area (Å²) in [5, 5.41) is 9.10. The maximum Gasteiger partial charge on any atom is 0.230 e. The lowest BCUT2D eigenvalue weighted by atomic mass is 10.0. The first-order chi connectivity index (χ1) is 16.9. The highest BCUT2D eigenvalue weighted by atomic mass is 35.5. The number of nitrogens with zero attached hydrogens (tertiary/aromatic N) is 2. The number of hydrogen-bond acceptors (Lipinski definition) is 6. The Balaban J connectivity index is 1.22. The number of nitrogens with one attached hydrogen (secondary N) is 2. The Kier molecular flexibility index (Phi) is 9.08. The summed E-state index contributed by atoms with van der Waals surface area (Å²) in [6, 6.07) is 13.5. The van der Waals surface area contributed by atoms with E-state index in [1.54, 1.807) is 0 Å². The topological polar surface area (TPSA) is 74.3 Å². The Labute approximate surface area is 223 Å². The number of anilines is 1. The predicted molar refractivity (Wildman–Crippen MR) is 145 cm³/mol. The van der Waals surface area contributed by atoms with E-state index in [4.69, 9.17) is 23.2 Å². The Morgan fingerprint density at radius 3 is 2.66 bits per heavy atom. The Bertz CT molecular complexity index is 1200. The van der Waals surface area contributed by atoms with E-state index >= 15 is 0 Å². The molecule has 35 heavy (non-hydrogen) atoms. The van der Waals surface area contributed by atoms with Crippen LogP contribution in [0.2, 0.25) is 10.0 Å². The van der Waals surface area contributed by atoms with Crippen LogP contribution in [0.4, 0.5) is 5.69 Å². The Morgan fingerprint density at radius 2 is 1.91 bits per heavy atom. The van der Waals surface area contributed by atoms with Crippen molar-refractivity contribution >= 4 is 63.8 Å². The highest BCUT2D eigenvalue weighted by Crippen LogP contribution is 2.32. The number of likely N-dealkylation sites (tertiary alicyclic amines) is 1. The first kappa shape index (κ1) is 26.0. The highest BCUT2D eigenvalue weighted by molar-refractivity contribution is 8.01. The number of para-hydroxylation sites is 1. The lowest BCUT2D eigenvalue weighted by Crippen LogP contribution is -2.44. The molecule has 0 radical (unpaired) electrons. The summed E-state index contributed by atoms with van der Waals surface area (Å²) in [6.07, 6.45) is 1.83. The monoisotopic (exact) mass is 548 g/mol. The zero-order valence-corrected chi connectivity index (χ0v) is 22.4. The first-order valence-corrected chi connectivity index (χ1v) is 13.9. The number of amides is 2. The number of halogens is 2. The van der Waals surface area contributed by atoms with Crippen LogP contribution >= 0.6 is 46.3 Å². The van der Waals surface area contributed by atoms with E-state index in [1.807, 2.05) is 47.8 Å².